The van der Waals surface area contributed by atoms with Crippen LogP contribution in [0.1, 0.15) is 5.76 Å². The van der Waals surface area contributed by atoms with Crippen LogP contribution < -0.4 is 16.0 Å². The fourth-order valence-electron chi connectivity index (χ4n) is 2.61. The summed E-state index contributed by atoms with van der Waals surface area (Å²) in [5.41, 5.74) is 5.64. The Morgan fingerprint density at radius 1 is 1.45 bits per heavy atom. The van der Waals surface area contributed by atoms with Gasteiger partial charge in [-0.25, -0.2) is 4.98 Å². The molecule has 0 unspecified atom stereocenters. The molecular formula is C14H18ClN5O2. The van der Waals surface area contributed by atoms with Crippen molar-refractivity contribution in [2.24, 2.45) is 0 Å². The summed E-state index contributed by atoms with van der Waals surface area (Å²) in [5.74, 6) is 1.87. The molecule has 0 spiro atoms. The monoisotopic (exact) mass is 323 g/mol. The number of furan rings is 1. The number of nitrogen functional groups attached to an aromatic ring is 1. The largest absolute Gasteiger partial charge is 0.448 e. The number of hydrogen-bond donors (Lipinski definition) is 2. The molecule has 0 amide bonds. The van der Waals surface area contributed by atoms with Crippen molar-refractivity contribution < 1.29 is 9.15 Å². The van der Waals surface area contributed by atoms with Gasteiger partial charge < -0.3 is 25.1 Å². The quantitative estimate of drug-likeness (QED) is 0.857. The van der Waals surface area contributed by atoms with Gasteiger partial charge >= 0.3 is 0 Å². The van der Waals surface area contributed by atoms with E-state index in [1.807, 2.05) is 12.1 Å². The first-order valence-corrected chi connectivity index (χ1v) is 7.37. The first-order valence-electron chi connectivity index (χ1n) is 6.99. The van der Waals surface area contributed by atoms with E-state index in [0.717, 1.165) is 24.7 Å². The molecule has 7 nitrogen and oxygen atoms in total. The zero-order chi connectivity index (χ0) is 15.5. The third-order valence-electron chi connectivity index (χ3n) is 3.72. The lowest BCUT2D eigenvalue weighted by Crippen LogP contribution is -2.39. The molecule has 0 aliphatic carbocycles. The molecule has 2 aromatic heterocycles. The number of rotatable bonds is 5. The van der Waals surface area contributed by atoms with Crippen molar-refractivity contribution in [3.8, 4) is 0 Å². The van der Waals surface area contributed by atoms with Crippen molar-refractivity contribution in [3.63, 3.8) is 0 Å². The first kappa shape index (κ1) is 15.1. The van der Waals surface area contributed by atoms with E-state index in [0.29, 0.717) is 11.8 Å². The van der Waals surface area contributed by atoms with Crippen LogP contribution in [0, 0.1) is 0 Å². The molecule has 3 rings (SSSR count). The number of nitrogens with zero attached hydrogens (tertiary/aromatic N) is 3. The summed E-state index contributed by atoms with van der Waals surface area (Å²) in [6, 6.07) is 5.59. The molecule has 0 bridgehead atoms. The molecule has 2 atom stereocenters. The van der Waals surface area contributed by atoms with Gasteiger partial charge in [0.25, 0.3) is 0 Å². The molecule has 2 aromatic rings. The van der Waals surface area contributed by atoms with Crippen LogP contribution in [0.2, 0.25) is 5.22 Å². The number of ether oxygens (including phenoxy) is 1. The molecule has 1 fully saturated rings. The van der Waals surface area contributed by atoms with Gasteiger partial charge in [0.2, 0.25) is 5.95 Å². The second-order valence-corrected chi connectivity index (χ2v) is 5.52. The summed E-state index contributed by atoms with van der Waals surface area (Å²) in [4.78, 5) is 10.3. The SMILES string of the molecule is CO[C@@H]1CN(c2ccnc(N)n2)C[C@@H]1NCc1ccc(Cl)o1. The summed E-state index contributed by atoms with van der Waals surface area (Å²) < 4.78 is 10.9. The topological polar surface area (TPSA) is 89.4 Å². The van der Waals surface area contributed by atoms with E-state index in [1.165, 1.54) is 0 Å². The zero-order valence-corrected chi connectivity index (χ0v) is 13.0. The lowest BCUT2D eigenvalue weighted by Gasteiger charge is -2.17. The first-order chi connectivity index (χ1) is 10.7. The van der Waals surface area contributed by atoms with E-state index in [9.17, 15) is 0 Å². The highest BCUT2D eigenvalue weighted by Gasteiger charge is 2.33. The van der Waals surface area contributed by atoms with Crippen molar-refractivity contribution >= 4 is 23.4 Å². The Kier molecular flexibility index (Phi) is 4.47. The Bertz CT molecular complexity index is 635. The summed E-state index contributed by atoms with van der Waals surface area (Å²) in [6.07, 6.45) is 1.71. The molecule has 0 aromatic carbocycles. The van der Waals surface area contributed by atoms with Crippen LogP contribution in [-0.2, 0) is 11.3 Å². The molecule has 0 saturated carbocycles. The lowest BCUT2D eigenvalue weighted by atomic mass is 10.2. The predicted octanol–water partition coefficient (Wildman–Crippen LogP) is 1.30. The van der Waals surface area contributed by atoms with Gasteiger partial charge in [0.05, 0.1) is 18.7 Å². The number of nitrogens with one attached hydrogen (secondary N) is 1. The van der Waals surface area contributed by atoms with Crippen LogP contribution in [-0.4, -0.2) is 42.3 Å². The summed E-state index contributed by atoms with van der Waals surface area (Å²) in [6.45, 7) is 2.10. The number of nitrogens with two attached hydrogens (primary N) is 1. The fourth-order valence-corrected chi connectivity index (χ4v) is 2.78. The molecule has 0 radical (unpaired) electrons. The Hall–Kier alpha value is -1.83. The van der Waals surface area contributed by atoms with E-state index in [-0.39, 0.29) is 18.1 Å². The maximum absolute atomic E-state index is 5.78. The Labute approximate surface area is 133 Å². The summed E-state index contributed by atoms with van der Waals surface area (Å²) in [7, 11) is 1.71. The molecule has 8 heteroatoms. The molecule has 22 heavy (non-hydrogen) atoms. The standard InChI is InChI=1S/C14H18ClN5O2/c1-21-11-8-20(13-4-5-17-14(16)19-13)7-10(11)18-6-9-2-3-12(15)22-9/h2-5,10-11,18H,6-8H2,1H3,(H2,16,17,19)/t10-,11+/m0/s1. The van der Waals surface area contributed by atoms with Crippen LogP contribution in [0.15, 0.2) is 28.8 Å². The van der Waals surface area contributed by atoms with Gasteiger partial charge in [-0.05, 0) is 29.8 Å². The normalized spacial score (nSPS) is 21.5. The Morgan fingerprint density at radius 2 is 2.32 bits per heavy atom. The summed E-state index contributed by atoms with van der Waals surface area (Å²) >= 11 is 5.78. The number of methoxy groups -OCH3 is 1. The minimum absolute atomic E-state index is 0.0571. The Morgan fingerprint density at radius 3 is 3.00 bits per heavy atom. The molecular weight excluding hydrogens is 306 g/mol. The second kappa shape index (κ2) is 6.51. The minimum Gasteiger partial charge on any atom is -0.448 e. The summed E-state index contributed by atoms with van der Waals surface area (Å²) in [5, 5.41) is 3.83. The van der Waals surface area contributed by atoms with E-state index in [4.69, 9.17) is 26.5 Å². The van der Waals surface area contributed by atoms with Gasteiger partial charge in [-0.3, -0.25) is 0 Å². The van der Waals surface area contributed by atoms with Crippen LogP contribution in [0.3, 0.4) is 0 Å². The van der Waals surface area contributed by atoms with Crippen molar-refractivity contribution in [1.29, 1.82) is 0 Å². The van der Waals surface area contributed by atoms with Gasteiger partial charge in [-0.2, -0.15) is 4.98 Å². The molecule has 3 heterocycles. The van der Waals surface area contributed by atoms with Crippen LogP contribution in [0.4, 0.5) is 11.8 Å². The highest BCUT2D eigenvalue weighted by Crippen LogP contribution is 2.21. The molecule has 1 saturated heterocycles. The van der Waals surface area contributed by atoms with Crippen molar-refractivity contribution in [2.45, 2.75) is 18.7 Å². The minimum atomic E-state index is 0.0571. The van der Waals surface area contributed by atoms with Gasteiger partial charge in [0.1, 0.15) is 11.6 Å². The number of hydrogen-bond acceptors (Lipinski definition) is 7. The van der Waals surface area contributed by atoms with Gasteiger partial charge in [0, 0.05) is 26.4 Å². The highest BCUT2D eigenvalue weighted by molar-refractivity contribution is 6.28. The van der Waals surface area contributed by atoms with Crippen LogP contribution in [0.25, 0.3) is 0 Å². The van der Waals surface area contributed by atoms with Crippen molar-refractivity contribution in [2.75, 3.05) is 30.8 Å². The number of aromatic nitrogens is 2. The van der Waals surface area contributed by atoms with E-state index in [1.54, 1.807) is 19.4 Å². The Balaban J connectivity index is 1.64. The predicted molar refractivity (Wildman–Crippen MR) is 83.8 cm³/mol. The maximum atomic E-state index is 5.78. The number of anilines is 2. The van der Waals surface area contributed by atoms with Crippen molar-refractivity contribution in [3.05, 3.63) is 35.4 Å². The average molecular weight is 324 g/mol. The van der Waals surface area contributed by atoms with E-state index < -0.39 is 0 Å². The molecule has 1 aliphatic heterocycles. The third-order valence-corrected chi connectivity index (χ3v) is 3.92. The average Bonchev–Trinajstić information content (AvgIpc) is 3.11. The lowest BCUT2D eigenvalue weighted by molar-refractivity contribution is 0.0960. The third kappa shape index (κ3) is 3.32. The highest BCUT2D eigenvalue weighted by atomic mass is 35.5. The fraction of sp³-hybridized carbons (Fsp3) is 0.429. The van der Waals surface area contributed by atoms with Gasteiger partial charge in [0.15, 0.2) is 5.22 Å². The smallest absolute Gasteiger partial charge is 0.221 e. The van der Waals surface area contributed by atoms with E-state index >= 15 is 0 Å². The van der Waals surface area contributed by atoms with Crippen molar-refractivity contribution in [1.82, 2.24) is 15.3 Å². The van der Waals surface area contributed by atoms with Crippen LogP contribution >= 0.6 is 11.6 Å². The van der Waals surface area contributed by atoms with Gasteiger partial charge in [-0.15, -0.1) is 0 Å². The molecule has 118 valence electrons. The zero-order valence-electron chi connectivity index (χ0n) is 12.2. The van der Waals surface area contributed by atoms with E-state index in [2.05, 4.69) is 20.2 Å². The van der Waals surface area contributed by atoms with Gasteiger partial charge in [-0.1, -0.05) is 0 Å². The van der Waals surface area contributed by atoms with Crippen LogP contribution in [0.5, 0.6) is 0 Å². The second-order valence-electron chi connectivity index (χ2n) is 5.15. The maximum Gasteiger partial charge on any atom is 0.221 e. The molecule has 3 N–H and O–H groups in total. The number of halogens is 1. The molecule has 1 aliphatic rings.